The lowest BCUT2D eigenvalue weighted by Crippen LogP contribution is -2.32. The number of thioether (sulfide) groups is 1. The Hall–Kier alpha value is -1.04. The van der Waals surface area contributed by atoms with E-state index in [-0.39, 0.29) is 11.9 Å². The average molecular weight is 279 g/mol. The molecule has 0 saturated carbocycles. The van der Waals surface area contributed by atoms with Crippen LogP contribution >= 0.6 is 11.8 Å². The van der Waals surface area contributed by atoms with E-state index in [2.05, 4.69) is 28.3 Å². The Morgan fingerprint density at radius 2 is 2.21 bits per heavy atom. The number of hydrogen-bond donors (Lipinski definition) is 3. The maximum Gasteiger partial charge on any atom is 0.220 e. The van der Waals surface area contributed by atoms with E-state index >= 15 is 0 Å². The van der Waals surface area contributed by atoms with Gasteiger partial charge in [-0.25, -0.2) is 5.43 Å². The van der Waals surface area contributed by atoms with Crippen molar-refractivity contribution in [1.82, 2.24) is 16.2 Å². The second kappa shape index (κ2) is 7.53. The summed E-state index contributed by atoms with van der Waals surface area (Å²) in [6.45, 7) is 1.59. The molecule has 2 rings (SSSR count). The van der Waals surface area contributed by atoms with E-state index in [1.165, 1.54) is 5.56 Å². The number of carbonyl (C=O) groups is 1. The van der Waals surface area contributed by atoms with Gasteiger partial charge in [-0.1, -0.05) is 30.3 Å². The van der Waals surface area contributed by atoms with E-state index in [1.54, 1.807) is 11.8 Å². The van der Waals surface area contributed by atoms with Crippen LogP contribution in [0.4, 0.5) is 0 Å². The zero-order chi connectivity index (χ0) is 13.5. The quantitative estimate of drug-likeness (QED) is 0.735. The van der Waals surface area contributed by atoms with Crippen LogP contribution in [0.25, 0.3) is 0 Å². The molecule has 2 atom stereocenters. The van der Waals surface area contributed by atoms with E-state index in [9.17, 15) is 4.79 Å². The Morgan fingerprint density at radius 3 is 2.95 bits per heavy atom. The third-order valence-corrected chi connectivity index (χ3v) is 3.96. The number of nitrogens with one attached hydrogen (secondary N) is 3. The smallest absolute Gasteiger partial charge is 0.220 e. The van der Waals surface area contributed by atoms with Crippen LogP contribution in [0.15, 0.2) is 30.3 Å². The van der Waals surface area contributed by atoms with Gasteiger partial charge in [0.15, 0.2) is 0 Å². The molecule has 1 heterocycles. The zero-order valence-electron chi connectivity index (χ0n) is 11.2. The average Bonchev–Trinajstić information content (AvgIpc) is 2.92. The van der Waals surface area contributed by atoms with Gasteiger partial charge >= 0.3 is 0 Å². The molecule has 1 saturated heterocycles. The largest absolute Gasteiger partial charge is 0.356 e. The van der Waals surface area contributed by atoms with E-state index in [1.807, 2.05) is 24.5 Å². The normalized spacial score (nSPS) is 22.4. The molecule has 1 aliphatic rings. The van der Waals surface area contributed by atoms with Crippen molar-refractivity contribution in [2.75, 3.05) is 25.1 Å². The maximum atomic E-state index is 11.6. The Bertz CT molecular complexity index is 399. The lowest BCUT2D eigenvalue weighted by Gasteiger charge is -2.19. The fourth-order valence-corrected chi connectivity index (χ4v) is 2.66. The summed E-state index contributed by atoms with van der Waals surface area (Å²) in [4.78, 5) is 11.6. The number of carbonyl (C=O) groups excluding carboxylic acids is 1. The van der Waals surface area contributed by atoms with Crippen molar-refractivity contribution in [3.05, 3.63) is 35.9 Å². The zero-order valence-corrected chi connectivity index (χ0v) is 12.0. The van der Waals surface area contributed by atoms with Crippen molar-refractivity contribution >= 4 is 17.7 Å². The number of benzene rings is 1. The molecule has 2 unspecified atom stereocenters. The van der Waals surface area contributed by atoms with Gasteiger partial charge in [-0.05, 0) is 11.8 Å². The summed E-state index contributed by atoms with van der Waals surface area (Å²) in [6, 6.07) is 10.6. The minimum absolute atomic E-state index is 0.146. The molecular weight excluding hydrogens is 258 g/mol. The first-order chi connectivity index (χ1) is 9.31. The SMILES string of the molecule is CSCCC(=O)NCC1CNNC1c1ccccc1. The number of amides is 1. The lowest BCUT2D eigenvalue weighted by atomic mass is 9.95. The third kappa shape index (κ3) is 4.23. The van der Waals surface area contributed by atoms with Gasteiger partial charge in [0.1, 0.15) is 0 Å². The van der Waals surface area contributed by atoms with Crippen molar-refractivity contribution in [1.29, 1.82) is 0 Å². The molecule has 1 amide bonds. The summed E-state index contributed by atoms with van der Waals surface area (Å²) < 4.78 is 0. The fraction of sp³-hybridized carbons (Fsp3) is 0.500. The molecule has 19 heavy (non-hydrogen) atoms. The summed E-state index contributed by atoms with van der Waals surface area (Å²) in [5, 5.41) is 3.03. The van der Waals surface area contributed by atoms with Crippen molar-refractivity contribution in [3.8, 4) is 0 Å². The van der Waals surface area contributed by atoms with Gasteiger partial charge in [0.05, 0.1) is 6.04 Å². The molecule has 3 N–H and O–H groups in total. The van der Waals surface area contributed by atoms with Crippen LogP contribution in [-0.2, 0) is 4.79 Å². The van der Waals surface area contributed by atoms with Crippen LogP contribution in [0.2, 0.25) is 0 Å². The van der Waals surface area contributed by atoms with Gasteiger partial charge in [-0.2, -0.15) is 11.8 Å². The van der Waals surface area contributed by atoms with E-state index in [4.69, 9.17) is 0 Å². The van der Waals surface area contributed by atoms with Crippen LogP contribution in [0.1, 0.15) is 18.0 Å². The number of hydrazine groups is 1. The van der Waals surface area contributed by atoms with Crippen LogP contribution in [0, 0.1) is 5.92 Å². The molecule has 0 radical (unpaired) electrons. The summed E-state index contributed by atoms with van der Waals surface area (Å²) in [5.41, 5.74) is 7.73. The van der Waals surface area contributed by atoms with Gasteiger partial charge in [-0.15, -0.1) is 0 Å². The van der Waals surface area contributed by atoms with Gasteiger partial charge in [0.2, 0.25) is 5.91 Å². The predicted molar refractivity (Wildman–Crippen MR) is 79.8 cm³/mol. The van der Waals surface area contributed by atoms with Crippen molar-refractivity contribution < 1.29 is 4.79 Å². The molecule has 1 aromatic rings. The highest BCUT2D eigenvalue weighted by Gasteiger charge is 2.28. The maximum absolute atomic E-state index is 11.6. The second-order valence-electron chi connectivity index (χ2n) is 4.72. The Labute approximate surface area is 118 Å². The highest BCUT2D eigenvalue weighted by atomic mass is 32.2. The number of rotatable bonds is 6. The van der Waals surface area contributed by atoms with E-state index < -0.39 is 0 Å². The summed E-state index contributed by atoms with van der Waals surface area (Å²) in [6.07, 6.45) is 2.62. The second-order valence-corrected chi connectivity index (χ2v) is 5.71. The first kappa shape index (κ1) is 14.4. The van der Waals surface area contributed by atoms with Gasteiger partial charge in [-0.3, -0.25) is 10.2 Å². The first-order valence-corrected chi connectivity index (χ1v) is 7.99. The fourth-order valence-electron chi connectivity index (χ4n) is 2.27. The van der Waals surface area contributed by atoms with Gasteiger partial charge in [0.25, 0.3) is 0 Å². The monoisotopic (exact) mass is 279 g/mol. The van der Waals surface area contributed by atoms with Gasteiger partial charge < -0.3 is 5.32 Å². The molecule has 4 nitrogen and oxygen atoms in total. The Balaban J connectivity index is 1.84. The summed E-state index contributed by atoms with van der Waals surface area (Å²) in [5.74, 6) is 1.42. The van der Waals surface area contributed by atoms with Crippen LogP contribution in [0.3, 0.4) is 0 Å². The molecule has 1 fully saturated rings. The van der Waals surface area contributed by atoms with Crippen molar-refractivity contribution in [2.45, 2.75) is 12.5 Å². The Kier molecular flexibility index (Phi) is 5.69. The third-order valence-electron chi connectivity index (χ3n) is 3.35. The Morgan fingerprint density at radius 1 is 1.42 bits per heavy atom. The van der Waals surface area contributed by atoms with Crippen LogP contribution < -0.4 is 16.2 Å². The molecular formula is C14H21N3OS. The molecule has 1 aliphatic heterocycles. The lowest BCUT2D eigenvalue weighted by molar-refractivity contribution is -0.120. The van der Waals surface area contributed by atoms with Crippen molar-refractivity contribution in [3.63, 3.8) is 0 Å². The molecule has 0 aromatic heterocycles. The van der Waals surface area contributed by atoms with Crippen LogP contribution in [-0.4, -0.2) is 31.0 Å². The standard InChI is InChI=1S/C14H21N3OS/c1-19-8-7-13(18)15-9-12-10-16-17-14(12)11-5-3-2-4-6-11/h2-6,12,14,16-17H,7-10H2,1H3,(H,15,18). The highest BCUT2D eigenvalue weighted by molar-refractivity contribution is 7.98. The summed E-state index contributed by atoms with van der Waals surface area (Å²) in [7, 11) is 0. The van der Waals surface area contributed by atoms with Crippen LogP contribution in [0.5, 0.6) is 0 Å². The molecule has 5 heteroatoms. The predicted octanol–water partition coefficient (Wildman–Crippen LogP) is 1.32. The minimum Gasteiger partial charge on any atom is -0.356 e. The summed E-state index contributed by atoms with van der Waals surface area (Å²) >= 11 is 1.70. The van der Waals surface area contributed by atoms with Gasteiger partial charge in [0, 0.05) is 31.2 Å². The topological polar surface area (TPSA) is 53.2 Å². The molecule has 1 aromatic carbocycles. The molecule has 0 bridgehead atoms. The van der Waals surface area contributed by atoms with E-state index in [0.717, 1.165) is 12.3 Å². The minimum atomic E-state index is 0.146. The van der Waals surface area contributed by atoms with E-state index in [0.29, 0.717) is 18.9 Å². The highest BCUT2D eigenvalue weighted by Crippen LogP contribution is 2.23. The number of hydrogen-bond acceptors (Lipinski definition) is 4. The molecule has 104 valence electrons. The van der Waals surface area contributed by atoms with Crippen molar-refractivity contribution in [2.24, 2.45) is 5.92 Å². The first-order valence-electron chi connectivity index (χ1n) is 6.60. The molecule has 0 aliphatic carbocycles. The molecule has 0 spiro atoms.